The highest BCUT2D eigenvalue weighted by molar-refractivity contribution is 7.98. The first-order valence-electron chi connectivity index (χ1n) is 8.98. The number of rotatable bonds is 8. The van der Waals surface area contributed by atoms with Gasteiger partial charge in [0.15, 0.2) is 0 Å². The molecule has 1 aromatic heterocycles. The Kier molecular flexibility index (Phi) is 6.65. The molecule has 3 rings (SSSR count). The van der Waals surface area contributed by atoms with E-state index in [9.17, 15) is 9.59 Å². The molecule has 0 atom stereocenters. The maximum atomic E-state index is 12.4. The van der Waals surface area contributed by atoms with Crippen LogP contribution in [0.4, 0.5) is 0 Å². The molecule has 0 radical (unpaired) electrons. The molecule has 0 unspecified atom stereocenters. The summed E-state index contributed by atoms with van der Waals surface area (Å²) in [6.07, 6.45) is 2.51. The largest absolute Gasteiger partial charge is 0.354 e. The number of thioether (sulfide) groups is 1. The van der Waals surface area contributed by atoms with E-state index in [-0.39, 0.29) is 18.0 Å². The van der Waals surface area contributed by atoms with Gasteiger partial charge in [-0.1, -0.05) is 48.0 Å². The molecule has 0 bridgehead atoms. The molecular formula is C21H23N3O2S. The Bertz CT molecular complexity index is 984. The van der Waals surface area contributed by atoms with Crippen molar-refractivity contribution in [1.82, 2.24) is 15.1 Å². The van der Waals surface area contributed by atoms with Crippen LogP contribution < -0.4 is 10.9 Å². The lowest BCUT2D eigenvalue weighted by Crippen LogP contribution is -2.34. The second-order valence-electron chi connectivity index (χ2n) is 6.44. The molecule has 0 saturated carbocycles. The first kappa shape index (κ1) is 19.2. The van der Waals surface area contributed by atoms with Gasteiger partial charge in [0, 0.05) is 17.7 Å². The fraction of sp³-hybridized carbons (Fsp3) is 0.286. The molecular weight excluding hydrogens is 358 g/mol. The number of benzene rings is 2. The third kappa shape index (κ3) is 5.44. The van der Waals surface area contributed by atoms with E-state index in [4.69, 9.17) is 0 Å². The van der Waals surface area contributed by atoms with Gasteiger partial charge in [0.05, 0.1) is 11.6 Å². The summed E-state index contributed by atoms with van der Waals surface area (Å²) in [6, 6.07) is 15.8. The Morgan fingerprint density at radius 1 is 1.19 bits per heavy atom. The smallest absolute Gasteiger partial charge is 0.275 e. The number of aryl methyl sites for hydroxylation is 1. The van der Waals surface area contributed by atoms with Gasteiger partial charge < -0.3 is 5.32 Å². The first-order valence-corrected chi connectivity index (χ1v) is 10.1. The van der Waals surface area contributed by atoms with Crippen molar-refractivity contribution in [2.75, 3.05) is 12.3 Å². The Labute approximate surface area is 162 Å². The topological polar surface area (TPSA) is 64.0 Å². The van der Waals surface area contributed by atoms with Crippen molar-refractivity contribution in [1.29, 1.82) is 0 Å². The SMILES string of the molecule is Cc1cccc(CSCCCNC(=O)Cn2ncc3ccccc3c2=O)c1. The monoisotopic (exact) mass is 381 g/mol. The van der Waals surface area contributed by atoms with E-state index < -0.39 is 0 Å². The molecule has 0 spiro atoms. The third-order valence-electron chi connectivity index (χ3n) is 4.19. The van der Waals surface area contributed by atoms with E-state index in [1.807, 2.05) is 30.0 Å². The van der Waals surface area contributed by atoms with E-state index >= 15 is 0 Å². The maximum absolute atomic E-state index is 12.4. The van der Waals surface area contributed by atoms with Gasteiger partial charge in [0.25, 0.3) is 5.56 Å². The second kappa shape index (κ2) is 9.37. The Morgan fingerprint density at radius 2 is 2.04 bits per heavy atom. The van der Waals surface area contributed by atoms with Gasteiger partial charge >= 0.3 is 0 Å². The Hall–Kier alpha value is -2.60. The molecule has 3 aromatic rings. The van der Waals surface area contributed by atoms with Crippen LogP contribution in [0.15, 0.2) is 59.5 Å². The fourth-order valence-electron chi connectivity index (χ4n) is 2.83. The summed E-state index contributed by atoms with van der Waals surface area (Å²) in [5.74, 6) is 1.76. The fourth-order valence-corrected chi connectivity index (χ4v) is 3.73. The number of fused-ring (bicyclic) bond motifs is 1. The third-order valence-corrected chi connectivity index (χ3v) is 5.31. The van der Waals surface area contributed by atoms with E-state index in [1.165, 1.54) is 15.8 Å². The summed E-state index contributed by atoms with van der Waals surface area (Å²) in [6.45, 7) is 2.64. The predicted molar refractivity (Wildman–Crippen MR) is 111 cm³/mol. The summed E-state index contributed by atoms with van der Waals surface area (Å²) >= 11 is 1.86. The lowest BCUT2D eigenvalue weighted by atomic mass is 10.2. The molecule has 140 valence electrons. The van der Waals surface area contributed by atoms with E-state index in [1.54, 1.807) is 12.3 Å². The number of carbonyl (C=O) groups excluding carboxylic acids is 1. The van der Waals surface area contributed by atoms with Crippen LogP contribution in [0.5, 0.6) is 0 Å². The van der Waals surface area contributed by atoms with E-state index in [2.05, 4.69) is 41.6 Å². The van der Waals surface area contributed by atoms with E-state index in [0.717, 1.165) is 23.3 Å². The highest BCUT2D eigenvalue weighted by atomic mass is 32.2. The van der Waals surface area contributed by atoms with Crippen LogP contribution in [0.25, 0.3) is 10.8 Å². The lowest BCUT2D eigenvalue weighted by molar-refractivity contribution is -0.121. The van der Waals surface area contributed by atoms with Crippen LogP contribution in [0.3, 0.4) is 0 Å². The summed E-state index contributed by atoms with van der Waals surface area (Å²) in [7, 11) is 0. The number of hydrogen-bond acceptors (Lipinski definition) is 4. The summed E-state index contributed by atoms with van der Waals surface area (Å²) in [5, 5.41) is 8.31. The van der Waals surface area contributed by atoms with Gasteiger partial charge in [-0.3, -0.25) is 9.59 Å². The summed E-state index contributed by atoms with van der Waals surface area (Å²) < 4.78 is 1.21. The number of nitrogens with zero attached hydrogens (tertiary/aromatic N) is 2. The van der Waals surface area contributed by atoms with Crippen molar-refractivity contribution in [3.05, 3.63) is 76.2 Å². The zero-order chi connectivity index (χ0) is 19.1. The predicted octanol–water partition coefficient (Wildman–Crippen LogP) is 3.14. The van der Waals surface area contributed by atoms with Crippen LogP contribution in [-0.2, 0) is 17.1 Å². The molecule has 0 fully saturated rings. The molecule has 6 heteroatoms. The average Bonchev–Trinajstić information content (AvgIpc) is 2.67. The minimum absolute atomic E-state index is 0.0555. The van der Waals surface area contributed by atoms with E-state index in [0.29, 0.717) is 11.9 Å². The molecule has 27 heavy (non-hydrogen) atoms. The van der Waals surface area contributed by atoms with Crippen LogP contribution in [0.1, 0.15) is 17.5 Å². The Balaban J connectivity index is 1.40. The first-order chi connectivity index (χ1) is 13.1. The zero-order valence-corrected chi connectivity index (χ0v) is 16.2. The van der Waals surface area contributed by atoms with Crippen molar-refractivity contribution in [2.24, 2.45) is 0 Å². The van der Waals surface area contributed by atoms with Crippen molar-refractivity contribution in [3.63, 3.8) is 0 Å². The van der Waals surface area contributed by atoms with Gasteiger partial charge in [0.2, 0.25) is 5.91 Å². The Morgan fingerprint density at radius 3 is 2.89 bits per heavy atom. The highest BCUT2D eigenvalue weighted by Crippen LogP contribution is 2.14. The highest BCUT2D eigenvalue weighted by Gasteiger charge is 2.07. The molecule has 2 aromatic carbocycles. The van der Waals surface area contributed by atoms with Crippen LogP contribution in [0.2, 0.25) is 0 Å². The van der Waals surface area contributed by atoms with Gasteiger partial charge in [-0.15, -0.1) is 0 Å². The van der Waals surface area contributed by atoms with Gasteiger partial charge in [0.1, 0.15) is 6.54 Å². The van der Waals surface area contributed by atoms with Crippen molar-refractivity contribution in [3.8, 4) is 0 Å². The van der Waals surface area contributed by atoms with Gasteiger partial charge in [-0.25, -0.2) is 4.68 Å². The number of hydrogen-bond donors (Lipinski definition) is 1. The number of carbonyl (C=O) groups is 1. The van der Waals surface area contributed by atoms with Crippen molar-refractivity contribution >= 4 is 28.4 Å². The zero-order valence-electron chi connectivity index (χ0n) is 15.4. The normalized spacial score (nSPS) is 10.9. The minimum atomic E-state index is -0.239. The van der Waals surface area contributed by atoms with Crippen LogP contribution in [0, 0.1) is 6.92 Å². The quantitative estimate of drug-likeness (QED) is 0.609. The lowest BCUT2D eigenvalue weighted by Gasteiger charge is -2.08. The minimum Gasteiger partial charge on any atom is -0.354 e. The van der Waals surface area contributed by atoms with Crippen LogP contribution in [-0.4, -0.2) is 28.0 Å². The maximum Gasteiger partial charge on any atom is 0.275 e. The molecule has 0 aliphatic carbocycles. The molecule has 5 nitrogen and oxygen atoms in total. The molecule has 0 aliphatic heterocycles. The number of aromatic nitrogens is 2. The average molecular weight is 382 g/mol. The number of nitrogens with one attached hydrogen (secondary N) is 1. The second-order valence-corrected chi connectivity index (χ2v) is 7.54. The van der Waals surface area contributed by atoms with Gasteiger partial charge in [-0.2, -0.15) is 16.9 Å². The summed E-state index contributed by atoms with van der Waals surface area (Å²) in [4.78, 5) is 24.4. The van der Waals surface area contributed by atoms with Crippen molar-refractivity contribution < 1.29 is 4.79 Å². The number of amides is 1. The van der Waals surface area contributed by atoms with Crippen molar-refractivity contribution in [2.45, 2.75) is 25.6 Å². The standard InChI is InChI=1S/C21H23N3O2S/c1-16-6-4-7-17(12-16)15-27-11-5-10-22-20(25)14-24-21(26)19-9-3-2-8-18(19)13-23-24/h2-4,6-9,12-13H,5,10-11,14-15H2,1H3,(H,22,25). The molecule has 0 aliphatic rings. The summed E-state index contributed by atoms with van der Waals surface area (Å²) in [5.41, 5.74) is 2.36. The van der Waals surface area contributed by atoms with Crippen LogP contribution >= 0.6 is 11.8 Å². The van der Waals surface area contributed by atoms with Gasteiger partial charge in [-0.05, 0) is 30.7 Å². The molecule has 1 heterocycles. The molecule has 1 amide bonds. The molecule has 1 N–H and O–H groups in total. The molecule has 0 saturated heterocycles.